The number of benzene rings is 1. The number of aliphatic hydroxyl groups excluding tert-OH is 1. The van der Waals surface area contributed by atoms with Gasteiger partial charge in [-0.3, -0.25) is 14.4 Å². The lowest BCUT2D eigenvalue weighted by Gasteiger charge is -2.26. The summed E-state index contributed by atoms with van der Waals surface area (Å²) in [6.45, 7) is 5.29. The van der Waals surface area contributed by atoms with Gasteiger partial charge in [0.15, 0.2) is 0 Å². The number of hydrogen-bond donors (Lipinski definition) is 3. The maximum Gasteiger partial charge on any atom is 0.294 e. The van der Waals surface area contributed by atoms with E-state index in [1.807, 2.05) is 0 Å². The van der Waals surface area contributed by atoms with Crippen LogP contribution in [0.1, 0.15) is 44.1 Å². The van der Waals surface area contributed by atoms with E-state index in [1.54, 1.807) is 27.8 Å². The van der Waals surface area contributed by atoms with Crippen LogP contribution in [0.2, 0.25) is 0 Å². The SMILES string of the molecule is Cc1cc(NC(=O)c2c(C)c(C(=O)C(=O)NC3COCC(O)C3)n(C)c2C)ccc1F. The van der Waals surface area contributed by atoms with Crippen molar-refractivity contribution in [3.8, 4) is 0 Å². The Balaban J connectivity index is 1.81. The van der Waals surface area contributed by atoms with Crippen molar-refractivity contribution in [2.75, 3.05) is 18.5 Å². The van der Waals surface area contributed by atoms with E-state index < -0.39 is 29.7 Å². The fourth-order valence-electron chi connectivity index (χ4n) is 3.82. The molecule has 3 rings (SSSR count). The summed E-state index contributed by atoms with van der Waals surface area (Å²) in [7, 11) is 1.61. The Kier molecular flexibility index (Phi) is 6.56. The van der Waals surface area contributed by atoms with E-state index in [2.05, 4.69) is 10.6 Å². The Morgan fingerprint density at radius 2 is 1.90 bits per heavy atom. The van der Waals surface area contributed by atoms with Gasteiger partial charge in [0, 0.05) is 18.4 Å². The minimum Gasteiger partial charge on any atom is -0.391 e. The topological polar surface area (TPSA) is 110 Å². The van der Waals surface area contributed by atoms with Crippen molar-refractivity contribution in [3.63, 3.8) is 0 Å². The van der Waals surface area contributed by atoms with E-state index in [9.17, 15) is 23.9 Å². The summed E-state index contributed by atoms with van der Waals surface area (Å²) in [6.07, 6.45) is -0.395. The molecule has 2 unspecified atom stereocenters. The zero-order chi connectivity index (χ0) is 22.9. The number of nitrogens with zero attached hydrogens (tertiary/aromatic N) is 1. The summed E-state index contributed by atoms with van der Waals surface area (Å²) >= 11 is 0. The molecule has 0 aliphatic carbocycles. The van der Waals surface area contributed by atoms with E-state index in [1.165, 1.54) is 22.8 Å². The van der Waals surface area contributed by atoms with Crippen LogP contribution in [0.5, 0.6) is 0 Å². The highest BCUT2D eigenvalue weighted by molar-refractivity contribution is 6.43. The molecule has 1 fully saturated rings. The predicted molar refractivity (Wildman–Crippen MR) is 112 cm³/mol. The molecule has 1 saturated heterocycles. The third-order valence-electron chi connectivity index (χ3n) is 5.52. The highest BCUT2D eigenvalue weighted by Gasteiger charge is 2.31. The van der Waals surface area contributed by atoms with Gasteiger partial charge in [-0.1, -0.05) is 0 Å². The van der Waals surface area contributed by atoms with Crippen molar-refractivity contribution in [3.05, 3.63) is 52.1 Å². The Morgan fingerprint density at radius 3 is 2.55 bits per heavy atom. The zero-order valence-corrected chi connectivity index (χ0v) is 17.9. The van der Waals surface area contributed by atoms with Gasteiger partial charge in [0.25, 0.3) is 17.6 Å². The summed E-state index contributed by atoms with van der Waals surface area (Å²) in [4.78, 5) is 38.3. The van der Waals surface area contributed by atoms with Crippen molar-refractivity contribution < 1.29 is 28.6 Å². The number of halogens is 1. The van der Waals surface area contributed by atoms with E-state index in [-0.39, 0.29) is 30.3 Å². The van der Waals surface area contributed by atoms with Crippen LogP contribution >= 0.6 is 0 Å². The lowest BCUT2D eigenvalue weighted by Crippen LogP contribution is -2.47. The number of aromatic nitrogens is 1. The summed E-state index contributed by atoms with van der Waals surface area (Å²) in [5.41, 5.74) is 2.08. The van der Waals surface area contributed by atoms with Crippen LogP contribution in [0.15, 0.2) is 18.2 Å². The van der Waals surface area contributed by atoms with Gasteiger partial charge >= 0.3 is 0 Å². The first kappa shape index (κ1) is 22.6. The molecule has 3 N–H and O–H groups in total. The molecule has 0 bridgehead atoms. The molecule has 9 heteroatoms. The fraction of sp³-hybridized carbons (Fsp3) is 0.409. The molecule has 8 nitrogen and oxygen atoms in total. The van der Waals surface area contributed by atoms with Gasteiger partial charge in [-0.05, 0) is 56.5 Å². The van der Waals surface area contributed by atoms with Gasteiger partial charge < -0.3 is 25.0 Å². The average Bonchev–Trinajstić information content (AvgIpc) is 2.92. The number of amides is 2. The van der Waals surface area contributed by atoms with E-state index in [0.29, 0.717) is 28.9 Å². The lowest BCUT2D eigenvalue weighted by molar-refractivity contribution is -0.119. The third kappa shape index (κ3) is 4.67. The average molecular weight is 431 g/mol. The van der Waals surface area contributed by atoms with Crippen molar-refractivity contribution >= 4 is 23.3 Å². The van der Waals surface area contributed by atoms with Gasteiger partial charge in [0.1, 0.15) is 5.82 Å². The number of ketones is 1. The number of Topliss-reactive ketones (excluding diaryl/α,β-unsaturated/α-hetero) is 1. The molecule has 2 amide bonds. The second-order valence-electron chi connectivity index (χ2n) is 7.84. The van der Waals surface area contributed by atoms with Crippen LogP contribution in [0.25, 0.3) is 0 Å². The Labute approximate surface area is 179 Å². The standard InChI is InChI=1S/C22H26FN3O5/c1-11-7-14(5-6-17(11)23)24-21(29)18-12(2)19(26(4)13(18)3)20(28)22(30)25-15-8-16(27)10-31-9-15/h5-7,15-16,27H,8-10H2,1-4H3,(H,24,29)(H,25,30). The molecule has 2 atom stereocenters. The predicted octanol–water partition coefficient (Wildman–Crippen LogP) is 1.79. The van der Waals surface area contributed by atoms with Crippen LogP contribution in [0.3, 0.4) is 0 Å². The number of hydrogen-bond acceptors (Lipinski definition) is 5. The number of carbonyl (C=O) groups excluding carboxylic acids is 3. The molecule has 1 aliphatic rings. The first-order chi connectivity index (χ1) is 14.6. The molecular weight excluding hydrogens is 405 g/mol. The number of ether oxygens (including phenoxy) is 1. The first-order valence-electron chi connectivity index (χ1n) is 9.94. The molecule has 31 heavy (non-hydrogen) atoms. The fourth-order valence-corrected chi connectivity index (χ4v) is 3.82. The smallest absolute Gasteiger partial charge is 0.294 e. The summed E-state index contributed by atoms with van der Waals surface area (Å²) in [5.74, 6) is -2.44. The first-order valence-corrected chi connectivity index (χ1v) is 9.94. The van der Waals surface area contributed by atoms with Gasteiger partial charge in [0.2, 0.25) is 0 Å². The lowest BCUT2D eigenvalue weighted by atomic mass is 10.1. The molecule has 1 aliphatic heterocycles. The number of aliphatic hydroxyl groups is 1. The van der Waals surface area contributed by atoms with Crippen LogP contribution in [-0.4, -0.2) is 52.6 Å². The van der Waals surface area contributed by atoms with Crippen molar-refractivity contribution in [2.24, 2.45) is 7.05 Å². The highest BCUT2D eigenvalue weighted by Crippen LogP contribution is 2.24. The number of nitrogens with one attached hydrogen (secondary N) is 2. The van der Waals surface area contributed by atoms with E-state index in [4.69, 9.17) is 4.74 Å². The quantitative estimate of drug-likeness (QED) is 0.494. The van der Waals surface area contributed by atoms with Gasteiger partial charge in [0.05, 0.1) is 36.6 Å². The number of anilines is 1. The molecule has 0 spiro atoms. The largest absolute Gasteiger partial charge is 0.391 e. The number of carbonyl (C=O) groups is 3. The second kappa shape index (κ2) is 8.99. The number of rotatable bonds is 5. The molecule has 166 valence electrons. The Bertz CT molecular complexity index is 1050. The van der Waals surface area contributed by atoms with Crippen molar-refractivity contribution in [2.45, 2.75) is 39.3 Å². The van der Waals surface area contributed by atoms with Crippen molar-refractivity contribution in [1.29, 1.82) is 0 Å². The summed E-state index contributed by atoms with van der Waals surface area (Å²) < 4.78 is 20.2. The van der Waals surface area contributed by atoms with Gasteiger partial charge in [-0.25, -0.2) is 4.39 Å². The molecule has 1 aromatic carbocycles. The third-order valence-corrected chi connectivity index (χ3v) is 5.52. The minimum atomic E-state index is -0.826. The molecule has 2 heterocycles. The maximum absolute atomic E-state index is 13.5. The van der Waals surface area contributed by atoms with Crippen LogP contribution in [0.4, 0.5) is 10.1 Å². The normalized spacial score (nSPS) is 18.5. The monoisotopic (exact) mass is 431 g/mol. The highest BCUT2D eigenvalue weighted by atomic mass is 19.1. The number of aryl methyl sites for hydroxylation is 1. The van der Waals surface area contributed by atoms with Crippen LogP contribution in [0, 0.1) is 26.6 Å². The Morgan fingerprint density at radius 1 is 1.19 bits per heavy atom. The van der Waals surface area contributed by atoms with E-state index in [0.717, 1.165) is 0 Å². The van der Waals surface area contributed by atoms with Gasteiger partial charge in [-0.15, -0.1) is 0 Å². The van der Waals surface area contributed by atoms with Gasteiger partial charge in [-0.2, -0.15) is 0 Å². The molecular formula is C22H26FN3O5. The molecule has 0 radical (unpaired) electrons. The zero-order valence-electron chi connectivity index (χ0n) is 17.9. The van der Waals surface area contributed by atoms with E-state index >= 15 is 0 Å². The van der Waals surface area contributed by atoms with Crippen LogP contribution < -0.4 is 10.6 Å². The molecule has 1 aromatic heterocycles. The Hall–Kier alpha value is -3.04. The van der Waals surface area contributed by atoms with Crippen LogP contribution in [-0.2, 0) is 16.6 Å². The van der Waals surface area contributed by atoms with Crippen molar-refractivity contribution in [1.82, 2.24) is 9.88 Å². The maximum atomic E-state index is 13.5. The molecule has 2 aromatic rings. The second-order valence-corrected chi connectivity index (χ2v) is 7.84. The summed E-state index contributed by atoms with van der Waals surface area (Å²) in [5, 5.41) is 15.0. The molecule has 0 saturated carbocycles. The minimum absolute atomic E-state index is 0.104. The summed E-state index contributed by atoms with van der Waals surface area (Å²) in [6, 6.07) is 3.77.